The van der Waals surface area contributed by atoms with E-state index in [-0.39, 0.29) is 11.5 Å². The third-order valence-corrected chi connectivity index (χ3v) is 5.09. The van der Waals surface area contributed by atoms with Gasteiger partial charge in [0.2, 0.25) is 11.7 Å². The molecule has 1 saturated heterocycles. The first-order valence-corrected chi connectivity index (χ1v) is 9.54. The van der Waals surface area contributed by atoms with Gasteiger partial charge in [-0.15, -0.1) is 0 Å². The van der Waals surface area contributed by atoms with E-state index in [4.69, 9.17) is 4.74 Å². The van der Waals surface area contributed by atoms with Gasteiger partial charge < -0.3 is 15.2 Å². The Labute approximate surface area is 155 Å². The Balaban J connectivity index is 1.58. The third kappa shape index (κ3) is 4.37. The quantitative estimate of drug-likeness (QED) is 0.417. The molecule has 0 radical (unpaired) electrons. The molecular formula is C19H22BrNO4. The molecule has 6 heteroatoms. The van der Waals surface area contributed by atoms with Gasteiger partial charge in [-0.05, 0) is 35.9 Å². The van der Waals surface area contributed by atoms with E-state index >= 15 is 0 Å². The highest BCUT2D eigenvalue weighted by atomic mass is 79.9. The zero-order valence-electron chi connectivity index (χ0n) is 13.9. The van der Waals surface area contributed by atoms with Crippen LogP contribution in [0.4, 0.5) is 0 Å². The third-order valence-electron chi connectivity index (χ3n) is 4.83. The summed E-state index contributed by atoms with van der Waals surface area (Å²) in [4.78, 5) is 25.7. The summed E-state index contributed by atoms with van der Waals surface area (Å²) in [6, 6.07) is 0. The van der Waals surface area contributed by atoms with Gasteiger partial charge in [-0.3, -0.25) is 9.59 Å². The largest absolute Gasteiger partial charge is 0.379 e. The van der Waals surface area contributed by atoms with E-state index in [1.807, 2.05) is 6.08 Å². The summed E-state index contributed by atoms with van der Waals surface area (Å²) in [5.41, 5.74) is -1.33. The van der Waals surface area contributed by atoms with Gasteiger partial charge in [0.15, 0.2) is 6.10 Å². The number of ketones is 1. The Bertz CT molecular complexity index is 660. The number of fused-ring (bicyclic) bond motifs is 1. The number of carbonyl (C=O) groups excluding carboxylic acids is 2. The molecule has 0 bridgehead atoms. The van der Waals surface area contributed by atoms with Gasteiger partial charge in [0.1, 0.15) is 11.7 Å². The fourth-order valence-electron chi connectivity index (χ4n) is 3.41. The van der Waals surface area contributed by atoms with Crippen molar-refractivity contribution in [2.24, 2.45) is 5.92 Å². The van der Waals surface area contributed by atoms with E-state index in [2.05, 4.69) is 27.3 Å². The highest BCUT2D eigenvalue weighted by Crippen LogP contribution is 2.40. The van der Waals surface area contributed by atoms with Crippen molar-refractivity contribution in [3.8, 4) is 0 Å². The van der Waals surface area contributed by atoms with E-state index in [9.17, 15) is 14.7 Å². The summed E-state index contributed by atoms with van der Waals surface area (Å²) in [6.45, 7) is 0. The average molecular weight is 408 g/mol. The molecule has 0 aromatic heterocycles. The number of carbonyl (C=O) groups is 2. The SMILES string of the molecule is O=C(/C=C/C=C/C1CCCCC1)NC1=C[C@](O)(/C=C/Br)[C@H]2O[C@H]2C1=O. The van der Waals surface area contributed by atoms with Crippen molar-refractivity contribution >= 4 is 27.6 Å². The number of amides is 1. The summed E-state index contributed by atoms with van der Waals surface area (Å²) >= 11 is 3.11. The summed E-state index contributed by atoms with van der Waals surface area (Å²) < 4.78 is 5.23. The molecule has 0 unspecified atom stereocenters. The highest BCUT2D eigenvalue weighted by Gasteiger charge is 2.59. The van der Waals surface area contributed by atoms with Crippen LogP contribution < -0.4 is 5.32 Å². The second-order valence-corrected chi connectivity index (χ2v) is 7.24. The molecule has 2 aliphatic carbocycles. The minimum atomic E-state index is -1.39. The van der Waals surface area contributed by atoms with Gasteiger partial charge in [0.25, 0.3) is 0 Å². The van der Waals surface area contributed by atoms with Crippen molar-refractivity contribution in [1.29, 1.82) is 0 Å². The summed E-state index contributed by atoms with van der Waals surface area (Å²) in [6.07, 6.45) is 14.9. The van der Waals surface area contributed by atoms with Crippen molar-refractivity contribution in [3.63, 3.8) is 0 Å². The number of rotatable bonds is 5. The van der Waals surface area contributed by atoms with Crippen LogP contribution in [0.1, 0.15) is 32.1 Å². The van der Waals surface area contributed by atoms with Crippen molar-refractivity contribution in [2.45, 2.75) is 49.9 Å². The predicted molar refractivity (Wildman–Crippen MR) is 97.8 cm³/mol. The van der Waals surface area contributed by atoms with Crippen LogP contribution in [0.5, 0.6) is 0 Å². The first-order chi connectivity index (χ1) is 12.0. The summed E-state index contributed by atoms with van der Waals surface area (Å²) in [7, 11) is 0. The van der Waals surface area contributed by atoms with Crippen molar-refractivity contribution < 1.29 is 19.4 Å². The van der Waals surface area contributed by atoms with Gasteiger partial charge in [-0.2, -0.15) is 0 Å². The maximum absolute atomic E-state index is 12.1. The molecule has 2 fully saturated rings. The monoisotopic (exact) mass is 407 g/mol. The molecule has 2 N–H and O–H groups in total. The van der Waals surface area contributed by atoms with Crippen LogP contribution in [0.15, 0.2) is 47.1 Å². The van der Waals surface area contributed by atoms with E-state index in [1.165, 1.54) is 55.3 Å². The maximum atomic E-state index is 12.1. The van der Waals surface area contributed by atoms with Gasteiger partial charge in [0.05, 0.1) is 5.70 Å². The zero-order valence-corrected chi connectivity index (χ0v) is 15.4. The number of epoxide rings is 1. The summed E-state index contributed by atoms with van der Waals surface area (Å²) in [5.74, 6) is -0.117. The molecule has 0 spiro atoms. The Hall–Kier alpha value is -1.50. The second kappa shape index (κ2) is 7.81. The standard InChI is InChI=1S/C19H22BrNO4/c20-11-10-19(24)12-14(16(23)17-18(19)25-17)21-15(22)9-5-4-8-13-6-2-1-3-7-13/h4-5,8-13,17-18,24H,1-3,6-7H2,(H,21,22)/b8-4+,9-5+,11-10+/t17-,18-,19+/m0/s1. The molecule has 0 aromatic carbocycles. The van der Waals surface area contributed by atoms with E-state index in [0.29, 0.717) is 5.92 Å². The van der Waals surface area contributed by atoms with Crippen molar-refractivity contribution in [1.82, 2.24) is 5.32 Å². The first-order valence-electron chi connectivity index (χ1n) is 8.62. The molecule has 0 aromatic rings. The molecule has 3 aliphatic rings. The molecule has 25 heavy (non-hydrogen) atoms. The number of aliphatic hydroxyl groups is 1. The van der Waals surface area contributed by atoms with Crippen LogP contribution in [-0.2, 0) is 14.3 Å². The normalized spacial score (nSPS) is 33.0. The smallest absolute Gasteiger partial charge is 0.248 e. The summed E-state index contributed by atoms with van der Waals surface area (Å²) in [5, 5.41) is 13.0. The molecule has 1 amide bonds. The van der Waals surface area contributed by atoms with E-state index in [0.717, 1.165) is 0 Å². The number of nitrogens with one attached hydrogen (secondary N) is 1. The van der Waals surface area contributed by atoms with Crippen LogP contribution in [-0.4, -0.2) is 34.6 Å². The van der Waals surface area contributed by atoms with E-state index < -0.39 is 23.7 Å². The van der Waals surface area contributed by atoms with Crippen LogP contribution in [0, 0.1) is 5.92 Å². The molecule has 134 valence electrons. The number of allylic oxidation sites excluding steroid dienone is 3. The van der Waals surface area contributed by atoms with Crippen molar-refractivity contribution in [2.75, 3.05) is 0 Å². The average Bonchev–Trinajstić information content (AvgIpc) is 3.40. The van der Waals surface area contributed by atoms with Crippen molar-refractivity contribution in [3.05, 3.63) is 47.1 Å². The van der Waals surface area contributed by atoms with Gasteiger partial charge in [-0.1, -0.05) is 53.4 Å². The number of Topliss-reactive ketones (excluding diaryl/α,β-unsaturated/α-hetero) is 1. The number of hydrogen-bond acceptors (Lipinski definition) is 4. The molecule has 3 atom stereocenters. The van der Waals surface area contributed by atoms with Crippen LogP contribution in [0.25, 0.3) is 0 Å². The van der Waals surface area contributed by atoms with Gasteiger partial charge >= 0.3 is 0 Å². The zero-order chi connectivity index (χ0) is 17.9. The topological polar surface area (TPSA) is 78.9 Å². The molecule has 1 saturated carbocycles. The van der Waals surface area contributed by atoms with E-state index in [1.54, 1.807) is 6.08 Å². The van der Waals surface area contributed by atoms with Crippen LogP contribution >= 0.6 is 15.9 Å². The lowest BCUT2D eigenvalue weighted by atomic mass is 9.88. The number of hydrogen-bond donors (Lipinski definition) is 2. The Morgan fingerprint density at radius 2 is 2.08 bits per heavy atom. The molecule has 1 aliphatic heterocycles. The minimum Gasteiger partial charge on any atom is -0.379 e. The molecular weight excluding hydrogens is 386 g/mol. The van der Waals surface area contributed by atoms with Crippen LogP contribution in [0.2, 0.25) is 0 Å². The lowest BCUT2D eigenvalue weighted by molar-refractivity contribution is -0.121. The predicted octanol–water partition coefficient (Wildman–Crippen LogP) is 2.67. The van der Waals surface area contributed by atoms with Gasteiger partial charge in [-0.25, -0.2) is 0 Å². The fourth-order valence-corrected chi connectivity index (χ4v) is 3.83. The first kappa shape index (κ1) is 18.3. The molecule has 3 rings (SSSR count). The maximum Gasteiger partial charge on any atom is 0.248 e. The molecule has 1 heterocycles. The number of ether oxygens (including phenoxy) is 1. The fraction of sp³-hybridized carbons (Fsp3) is 0.474. The van der Waals surface area contributed by atoms with Gasteiger partial charge in [0, 0.05) is 6.08 Å². The Morgan fingerprint density at radius 3 is 2.80 bits per heavy atom. The second-order valence-electron chi connectivity index (χ2n) is 6.71. The lowest BCUT2D eigenvalue weighted by Crippen LogP contribution is -2.42. The number of halogens is 1. The minimum absolute atomic E-state index is 0.0674. The van der Waals surface area contributed by atoms with Crippen LogP contribution in [0.3, 0.4) is 0 Å². The lowest BCUT2D eigenvalue weighted by Gasteiger charge is -2.23. The Morgan fingerprint density at radius 1 is 1.32 bits per heavy atom. The highest BCUT2D eigenvalue weighted by molar-refractivity contribution is 9.11. The molecule has 5 nitrogen and oxygen atoms in total. The Kier molecular flexibility index (Phi) is 5.71.